The van der Waals surface area contributed by atoms with Gasteiger partial charge in [-0.2, -0.15) is 0 Å². The average Bonchev–Trinajstić information content (AvgIpc) is 2.52. The molecule has 0 saturated heterocycles. The first-order valence-corrected chi connectivity index (χ1v) is 5.35. The molecular weight excluding hydrogens is 202 g/mol. The second-order valence-corrected chi connectivity index (χ2v) is 4.09. The molecule has 0 spiro atoms. The maximum atomic E-state index is 10.6. The molecule has 1 N–H and O–H groups in total. The molecule has 0 aliphatic rings. The van der Waals surface area contributed by atoms with Crippen molar-refractivity contribution in [3.05, 3.63) is 35.5 Å². The van der Waals surface area contributed by atoms with Gasteiger partial charge in [0.15, 0.2) is 0 Å². The lowest BCUT2D eigenvalue weighted by atomic mass is 10.1. The van der Waals surface area contributed by atoms with Crippen molar-refractivity contribution in [3.8, 4) is 0 Å². The van der Waals surface area contributed by atoms with Gasteiger partial charge < -0.3 is 9.67 Å². The molecule has 2 aromatic rings. The number of aromatic nitrogens is 1. The highest BCUT2D eigenvalue weighted by atomic mass is 16.4. The van der Waals surface area contributed by atoms with Gasteiger partial charge in [0, 0.05) is 24.5 Å². The highest BCUT2D eigenvalue weighted by Gasteiger charge is 2.08. The molecule has 16 heavy (non-hydrogen) atoms. The molecule has 0 bridgehead atoms. The minimum Gasteiger partial charge on any atom is -0.481 e. The highest BCUT2D eigenvalue weighted by Crippen LogP contribution is 2.23. The summed E-state index contributed by atoms with van der Waals surface area (Å²) in [6.45, 7) is 2.06. The molecule has 2 rings (SSSR count). The predicted molar refractivity (Wildman–Crippen MR) is 63.6 cm³/mol. The van der Waals surface area contributed by atoms with E-state index in [-0.39, 0.29) is 6.42 Å². The van der Waals surface area contributed by atoms with Gasteiger partial charge in [0.25, 0.3) is 0 Å². The van der Waals surface area contributed by atoms with Crippen LogP contribution >= 0.6 is 0 Å². The van der Waals surface area contributed by atoms with E-state index in [2.05, 4.69) is 23.6 Å². The molecule has 0 unspecified atom stereocenters. The molecule has 0 fully saturated rings. The molecule has 3 nitrogen and oxygen atoms in total. The number of rotatable bonds is 3. The smallest absolute Gasteiger partial charge is 0.303 e. The molecule has 1 aromatic heterocycles. The Labute approximate surface area is 94.3 Å². The van der Waals surface area contributed by atoms with Crippen LogP contribution in [-0.2, 0) is 18.3 Å². The van der Waals surface area contributed by atoms with Gasteiger partial charge in [-0.25, -0.2) is 0 Å². The average molecular weight is 217 g/mol. The fraction of sp³-hybridized carbons (Fsp3) is 0.308. The number of benzene rings is 1. The zero-order valence-electron chi connectivity index (χ0n) is 9.53. The number of carboxylic acids is 1. The summed E-state index contributed by atoms with van der Waals surface area (Å²) in [6.07, 6.45) is 0.771. The van der Waals surface area contributed by atoms with Crippen LogP contribution in [0.3, 0.4) is 0 Å². The zero-order valence-corrected chi connectivity index (χ0v) is 9.53. The predicted octanol–water partition coefficient (Wildman–Crippen LogP) is 2.50. The molecule has 1 heterocycles. The van der Waals surface area contributed by atoms with E-state index in [4.69, 9.17) is 5.11 Å². The number of carbonyl (C=O) groups is 1. The van der Waals surface area contributed by atoms with Gasteiger partial charge >= 0.3 is 5.97 Å². The number of carboxylic acid groups (broad SMARTS) is 1. The van der Waals surface area contributed by atoms with E-state index in [1.807, 2.05) is 19.2 Å². The minimum absolute atomic E-state index is 0.184. The molecule has 0 amide bonds. The number of hydrogen-bond donors (Lipinski definition) is 1. The molecule has 0 aliphatic heterocycles. The van der Waals surface area contributed by atoms with E-state index in [9.17, 15) is 4.79 Å². The van der Waals surface area contributed by atoms with Crippen molar-refractivity contribution < 1.29 is 9.90 Å². The van der Waals surface area contributed by atoms with Crippen molar-refractivity contribution in [2.24, 2.45) is 7.05 Å². The number of aryl methyl sites for hydroxylation is 3. The van der Waals surface area contributed by atoms with Crippen molar-refractivity contribution in [1.29, 1.82) is 0 Å². The Hall–Kier alpha value is -1.77. The van der Waals surface area contributed by atoms with Gasteiger partial charge in [0.1, 0.15) is 0 Å². The van der Waals surface area contributed by atoms with Crippen LogP contribution in [-0.4, -0.2) is 15.6 Å². The van der Waals surface area contributed by atoms with Gasteiger partial charge in [-0.15, -0.1) is 0 Å². The molecular formula is C13H15NO2. The van der Waals surface area contributed by atoms with E-state index >= 15 is 0 Å². The minimum atomic E-state index is -0.747. The summed E-state index contributed by atoms with van der Waals surface area (Å²) in [5.41, 5.74) is 3.45. The van der Waals surface area contributed by atoms with E-state index in [0.29, 0.717) is 6.42 Å². The Kier molecular flexibility index (Phi) is 2.69. The third kappa shape index (κ3) is 1.81. The summed E-state index contributed by atoms with van der Waals surface area (Å²) in [6, 6.07) is 8.18. The van der Waals surface area contributed by atoms with Crippen LogP contribution in [0.2, 0.25) is 0 Å². The standard InChI is InChI=1S/C13H15NO2/c1-9-8-11-5-3-4-10(6-7-12(15)16)13(11)14(9)2/h3-5,8H,6-7H2,1-2H3,(H,15,16). The number of hydrogen-bond acceptors (Lipinski definition) is 1. The Morgan fingerprint density at radius 2 is 2.19 bits per heavy atom. The van der Waals surface area contributed by atoms with Gasteiger partial charge in [-0.3, -0.25) is 4.79 Å². The summed E-state index contributed by atoms with van der Waals surface area (Å²) in [5.74, 6) is -0.747. The third-order valence-electron chi connectivity index (χ3n) is 2.99. The van der Waals surface area contributed by atoms with E-state index in [0.717, 1.165) is 11.1 Å². The Morgan fingerprint density at radius 3 is 2.88 bits per heavy atom. The highest BCUT2D eigenvalue weighted by molar-refractivity contribution is 5.84. The first-order chi connectivity index (χ1) is 7.59. The van der Waals surface area contributed by atoms with Crippen LogP contribution in [0.1, 0.15) is 17.7 Å². The first kappa shape index (κ1) is 10.7. The van der Waals surface area contributed by atoms with Crippen LogP contribution in [0.25, 0.3) is 10.9 Å². The second kappa shape index (κ2) is 4.00. The molecule has 0 aliphatic carbocycles. The van der Waals surface area contributed by atoms with E-state index in [1.165, 1.54) is 11.1 Å². The summed E-state index contributed by atoms with van der Waals surface area (Å²) in [5, 5.41) is 9.90. The molecule has 0 saturated carbocycles. The van der Waals surface area contributed by atoms with Crippen LogP contribution < -0.4 is 0 Å². The van der Waals surface area contributed by atoms with Gasteiger partial charge in [-0.1, -0.05) is 18.2 Å². The lowest BCUT2D eigenvalue weighted by Crippen LogP contribution is -2.00. The molecule has 84 valence electrons. The van der Waals surface area contributed by atoms with E-state index < -0.39 is 5.97 Å². The van der Waals surface area contributed by atoms with Crippen LogP contribution in [0.15, 0.2) is 24.3 Å². The summed E-state index contributed by atoms with van der Waals surface area (Å²) >= 11 is 0. The summed E-state index contributed by atoms with van der Waals surface area (Å²) in [4.78, 5) is 10.6. The van der Waals surface area contributed by atoms with Gasteiger partial charge in [0.05, 0.1) is 5.52 Å². The number of nitrogens with zero attached hydrogens (tertiary/aromatic N) is 1. The van der Waals surface area contributed by atoms with Crippen LogP contribution in [0, 0.1) is 6.92 Å². The number of para-hydroxylation sites is 1. The maximum Gasteiger partial charge on any atom is 0.303 e. The number of fused-ring (bicyclic) bond motifs is 1. The second-order valence-electron chi connectivity index (χ2n) is 4.09. The Bertz CT molecular complexity index is 540. The molecule has 1 aromatic carbocycles. The largest absolute Gasteiger partial charge is 0.481 e. The molecule has 0 radical (unpaired) electrons. The third-order valence-corrected chi connectivity index (χ3v) is 2.99. The SMILES string of the molecule is Cc1cc2cccc(CCC(=O)O)c2n1C. The molecule has 3 heteroatoms. The van der Waals surface area contributed by atoms with Crippen LogP contribution in [0.5, 0.6) is 0 Å². The lowest BCUT2D eigenvalue weighted by molar-refractivity contribution is -0.136. The summed E-state index contributed by atoms with van der Waals surface area (Å²) in [7, 11) is 2.02. The van der Waals surface area contributed by atoms with E-state index in [1.54, 1.807) is 0 Å². The van der Waals surface area contributed by atoms with Crippen molar-refractivity contribution in [3.63, 3.8) is 0 Å². The summed E-state index contributed by atoms with van der Waals surface area (Å²) < 4.78 is 2.12. The van der Waals surface area contributed by atoms with Gasteiger partial charge in [0.2, 0.25) is 0 Å². The van der Waals surface area contributed by atoms with Crippen LogP contribution in [0.4, 0.5) is 0 Å². The fourth-order valence-corrected chi connectivity index (χ4v) is 2.08. The molecule has 0 atom stereocenters. The Morgan fingerprint density at radius 1 is 1.44 bits per heavy atom. The Balaban J connectivity index is 2.48. The lowest BCUT2D eigenvalue weighted by Gasteiger charge is -2.05. The quantitative estimate of drug-likeness (QED) is 0.858. The first-order valence-electron chi connectivity index (χ1n) is 5.35. The monoisotopic (exact) mass is 217 g/mol. The maximum absolute atomic E-state index is 10.6. The van der Waals surface area contributed by atoms with Crippen molar-refractivity contribution in [1.82, 2.24) is 4.57 Å². The van der Waals surface area contributed by atoms with Crippen molar-refractivity contribution >= 4 is 16.9 Å². The zero-order chi connectivity index (χ0) is 11.7. The topological polar surface area (TPSA) is 42.2 Å². The van der Waals surface area contributed by atoms with Crippen molar-refractivity contribution in [2.75, 3.05) is 0 Å². The normalized spacial score (nSPS) is 10.9. The van der Waals surface area contributed by atoms with Crippen molar-refractivity contribution in [2.45, 2.75) is 19.8 Å². The number of aliphatic carboxylic acids is 1. The fourth-order valence-electron chi connectivity index (χ4n) is 2.08. The van der Waals surface area contributed by atoms with Gasteiger partial charge in [-0.05, 0) is 25.0 Å².